The van der Waals surface area contributed by atoms with Crippen LogP contribution >= 0.6 is 11.3 Å². The monoisotopic (exact) mass is 298 g/mol. The maximum Gasteiger partial charge on any atom is 0.277 e. The SMILES string of the molecule is Cn1cnc2cc(-n3cnc4nc(N)sc4c3=O)ccc21. The number of imidazole rings is 1. The average Bonchev–Trinajstić information content (AvgIpc) is 3.03. The second-order valence-electron chi connectivity index (χ2n) is 4.65. The number of anilines is 1. The van der Waals surface area contributed by atoms with Gasteiger partial charge in [0, 0.05) is 7.05 Å². The van der Waals surface area contributed by atoms with Gasteiger partial charge in [-0.05, 0) is 18.2 Å². The number of aryl methyl sites for hydroxylation is 1. The highest BCUT2D eigenvalue weighted by Gasteiger charge is 2.11. The van der Waals surface area contributed by atoms with Crippen LogP contribution in [0.25, 0.3) is 27.1 Å². The highest BCUT2D eigenvalue weighted by molar-refractivity contribution is 7.21. The van der Waals surface area contributed by atoms with Crippen LogP contribution in [-0.2, 0) is 7.05 Å². The van der Waals surface area contributed by atoms with Crippen LogP contribution in [0.2, 0.25) is 0 Å². The van der Waals surface area contributed by atoms with E-state index in [1.54, 1.807) is 6.33 Å². The lowest BCUT2D eigenvalue weighted by Crippen LogP contribution is -2.17. The fraction of sp³-hybridized carbons (Fsp3) is 0.0769. The topological polar surface area (TPSA) is 91.6 Å². The first-order valence-electron chi connectivity index (χ1n) is 6.18. The second-order valence-corrected chi connectivity index (χ2v) is 5.68. The third kappa shape index (κ3) is 1.73. The van der Waals surface area contributed by atoms with Crippen LogP contribution in [0.4, 0.5) is 5.13 Å². The Morgan fingerprint density at radius 2 is 2.10 bits per heavy atom. The first kappa shape index (κ1) is 12.0. The molecule has 2 N–H and O–H groups in total. The van der Waals surface area contributed by atoms with Crippen molar-refractivity contribution in [2.75, 3.05) is 5.73 Å². The summed E-state index contributed by atoms with van der Waals surface area (Å²) in [7, 11) is 1.93. The Hall–Kier alpha value is -2.74. The Balaban J connectivity index is 1.99. The predicted molar refractivity (Wildman–Crippen MR) is 81.7 cm³/mol. The molecule has 0 fully saturated rings. The Morgan fingerprint density at radius 3 is 2.95 bits per heavy atom. The number of aromatic nitrogens is 5. The van der Waals surface area contributed by atoms with E-state index in [0.717, 1.165) is 22.4 Å². The third-order valence-electron chi connectivity index (χ3n) is 3.32. The van der Waals surface area contributed by atoms with Crippen LogP contribution in [0.5, 0.6) is 0 Å². The quantitative estimate of drug-likeness (QED) is 0.572. The fourth-order valence-corrected chi connectivity index (χ4v) is 3.00. The lowest BCUT2D eigenvalue weighted by atomic mass is 10.2. The molecule has 0 radical (unpaired) electrons. The molecule has 0 saturated carbocycles. The Bertz CT molecular complexity index is 1040. The Kier molecular flexibility index (Phi) is 2.36. The zero-order valence-corrected chi connectivity index (χ0v) is 11.8. The van der Waals surface area contributed by atoms with Crippen molar-refractivity contribution >= 4 is 37.8 Å². The van der Waals surface area contributed by atoms with Crippen LogP contribution in [0.3, 0.4) is 0 Å². The second kappa shape index (κ2) is 4.13. The maximum atomic E-state index is 12.5. The standard InChI is InChI=1S/C13H10N6OS/c1-18-5-15-8-4-7(2-3-9(8)18)19-6-16-11-10(12(19)20)21-13(14)17-11/h2-6H,1H3,(H2,14,17). The lowest BCUT2D eigenvalue weighted by molar-refractivity contribution is 0.946. The van der Waals surface area contributed by atoms with Crippen LogP contribution in [0.1, 0.15) is 0 Å². The molecule has 104 valence electrons. The molecular formula is C13H10N6OS. The van der Waals surface area contributed by atoms with Crippen molar-refractivity contribution in [3.8, 4) is 5.69 Å². The molecule has 4 aromatic rings. The van der Waals surface area contributed by atoms with Crippen molar-refractivity contribution in [3.05, 3.63) is 41.2 Å². The minimum atomic E-state index is -0.176. The molecule has 0 bridgehead atoms. The van der Waals surface area contributed by atoms with Gasteiger partial charge in [-0.1, -0.05) is 11.3 Å². The largest absolute Gasteiger partial charge is 0.375 e. The van der Waals surface area contributed by atoms with E-state index in [1.807, 2.05) is 29.8 Å². The van der Waals surface area contributed by atoms with Gasteiger partial charge in [-0.25, -0.2) is 15.0 Å². The molecule has 0 saturated heterocycles. The average molecular weight is 298 g/mol. The van der Waals surface area contributed by atoms with E-state index in [9.17, 15) is 4.79 Å². The minimum Gasteiger partial charge on any atom is -0.375 e. The molecule has 8 heteroatoms. The molecule has 0 aliphatic carbocycles. The van der Waals surface area contributed by atoms with Crippen LogP contribution in [-0.4, -0.2) is 24.1 Å². The number of nitrogens with two attached hydrogens (primary N) is 1. The highest BCUT2D eigenvalue weighted by atomic mass is 32.1. The number of hydrogen-bond donors (Lipinski definition) is 1. The van der Waals surface area contributed by atoms with E-state index in [2.05, 4.69) is 15.0 Å². The molecule has 0 amide bonds. The van der Waals surface area contributed by atoms with Crippen molar-refractivity contribution in [2.24, 2.45) is 7.05 Å². The lowest BCUT2D eigenvalue weighted by Gasteiger charge is -2.04. The molecule has 0 aliphatic rings. The number of hydrogen-bond acceptors (Lipinski definition) is 6. The molecule has 3 heterocycles. The predicted octanol–water partition coefficient (Wildman–Crippen LogP) is 1.31. The number of thiazole rings is 1. The summed E-state index contributed by atoms with van der Waals surface area (Å²) in [6, 6.07) is 5.65. The summed E-state index contributed by atoms with van der Waals surface area (Å²) in [5, 5.41) is 0.340. The molecule has 0 aliphatic heterocycles. The zero-order valence-electron chi connectivity index (χ0n) is 11.0. The summed E-state index contributed by atoms with van der Waals surface area (Å²) in [6.07, 6.45) is 3.20. The molecule has 0 atom stereocenters. The van der Waals surface area contributed by atoms with E-state index in [-0.39, 0.29) is 5.56 Å². The first-order chi connectivity index (χ1) is 10.1. The first-order valence-corrected chi connectivity index (χ1v) is 7.00. The maximum absolute atomic E-state index is 12.5. The van der Waals surface area contributed by atoms with Gasteiger partial charge in [0.05, 0.1) is 23.0 Å². The number of nitrogen functional groups attached to an aromatic ring is 1. The van der Waals surface area contributed by atoms with E-state index >= 15 is 0 Å². The Labute approximate surface area is 122 Å². The molecule has 21 heavy (non-hydrogen) atoms. The molecule has 1 aromatic carbocycles. The third-order valence-corrected chi connectivity index (χ3v) is 4.18. The van der Waals surface area contributed by atoms with Gasteiger partial charge in [0.25, 0.3) is 5.56 Å². The van der Waals surface area contributed by atoms with E-state index in [4.69, 9.17) is 5.73 Å². The number of benzene rings is 1. The van der Waals surface area contributed by atoms with Gasteiger partial charge in [-0.15, -0.1) is 0 Å². The molecular weight excluding hydrogens is 288 g/mol. The molecule has 7 nitrogen and oxygen atoms in total. The van der Waals surface area contributed by atoms with Gasteiger partial charge in [-0.2, -0.15) is 0 Å². The smallest absolute Gasteiger partial charge is 0.277 e. The van der Waals surface area contributed by atoms with Gasteiger partial charge in [0.2, 0.25) is 0 Å². The van der Waals surface area contributed by atoms with Crippen LogP contribution in [0, 0.1) is 0 Å². The minimum absolute atomic E-state index is 0.176. The zero-order chi connectivity index (χ0) is 14.6. The van der Waals surface area contributed by atoms with Crippen LogP contribution < -0.4 is 11.3 Å². The normalized spacial score (nSPS) is 11.5. The summed E-state index contributed by atoms with van der Waals surface area (Å²) < 4.78 is 3.86. The van der Waals surface area contributed by atoms with Crippen molar-refractivity contribution in [1.82, 2.24) is 24.1 Å². The van der Waals surface area contributed by atoms with E-state index < -0.39 is 0 Å². The van der Waals surface area contributed by atoms with Crippen molar-refractivity contribution in [3.63, 3.8) is 0 Å². The number of nitrogens with zero attached hydrogens (tertiary/aromatic N) is 5. The van der Waals surface area contributed by atoms with Crippen LogP contribution in [0.15, 0.2) is 35.6 Å². The molecule has 0 spiro atoms. The van der Waals surface area contributed by atoms with E-state index in [1.165, 1.54) is 10.9 Å². The van der Waals surface area contributed by atoms with Crippen molar-refractivity contribution in [1.29, 1.82) is 0 Å². The summed E-state index contributed by atoms with van der Waals surface area (Å²) in [5.41, 5.74) is 8.39. The van der Waals surface area contributed by atoms with Crippen molar-refractivity contribution < 1.29 is 0 Å². The highest BCUT2D eigenvalue weighted by Crippen LogP contribution is 2.20. The number of rotatable bonds is 1. The summed E-state index contributed by atoms with van der Waals surface area (Å²) >= 11 is 1.15. The summed E-state index contributed by atoms with van der Waals surface area (Å²) in [4.78, 5) is 25.0. The van der Waals surface area contributed by atoms with Gasteiger partial charge >= 0.3 is 0 Å². The molecule has 3 aromatic heterocycles. The van der Waals surface area contributed by atoms with Gasteiger partial charge in [0.15, 0.2) is 10.8 Å². The Morgan fingerprint density at radius 1 is 1.24 bits per heavy atom. The fourth-order valence-electron chi connectivity index (χ4n) is 2.29. The number of fused-ring (bicyclic) bond motifs is 2. The summed E-state index contributed by atoms with van der Waals surface area (Å²) in [5.74, 6) is 0. The summed E-state index contributed by atoms with van der Waals surface area (Å²) in [6.45, 7) is 0. The van der Waals surface area contributed by atoms with Crippen molar-refractivity contribution in [2.45, 2.75) is 0 Å². The van der Waals surface area contributed by atoms with Gasteiger partial charge < -0.3 is 10.3 Å². The van der Waals surface area contributed by atoms with Gasteiger partial charge in [0.1, 0.15) is 11.0 Å². The van der Waals surface area contributed by atoms with E-state index in [0.29, 0.717) is 21.2 Å². The molecule has 0 unspecified atom stereocenters. The van der Waals surface area contributed by atoms with Gasteiger partial charge in [-0.3, -0.25) is 9.36 Å². The molecule has 4 rings (SSSR count).